The number of hydrogen-bond acceptors (Lipinski definition) is 5. The van der Waals surface area contributed by atoms with E-state index < -0.39 is 0 Å². The van der Waals surface area contributed by atoms with E-state index in [2.05, 4.69) is 22.2 Å². The summed E-state index contributed by atoms with van der Waals surface area (Å²) in [5.41, 5.74) is 1.36. The Kier molecular flexibility index (Phi) is 3.48. The Balaban J connectivity index is 1.68. The lowest BCUT2D eigenvalue weighted by molar-refractivity contribution is 0.0815. The number of cyclic esters (lactones) is 1. The average Bonchev–Trinajstić information content (AvgIpc) is 2.49. The molecule has 3 N–H and O–H groups in total. The first kappa shape index (κ1) is 12.2. The number of amides is 1. The lowest BCUT2D eigenvalue weighted by Crippen LogP contribution is -2.51. The van der Waals surface area contributed by atoms with Crippen LogP contribution in [0.1, 0.15) is 19.3 Å². The maximum atomic E-state index is 11.7. The zero-order valence-corrected chi connectivity index (χ0v) is 10.9. The first-order chi connectivity index (χ1) is 9.34. The monoisotopic (exact) mass is 264 g/mol. The first-order valence-electron chi connectivity index (χ1n) is 6.91. The van der Waals surface area contributed by atoms with Crippen LogP contribution in [0.2, 0.25) is 0 Å². The molecule has 6 nitrogen and oxygen atoms in total. The van der Waals surface area contributed by atoms with E-state index in [-0.39, 0.29) is 12.1 Å². The van der Waals surface area contributed by atoms with Crippen molar-refractivity contribution in [1.29, 1.82) is 0 Å². The standard InChI is InChI=1S/C13H20N4O2/c18-13-17(5-2-6-19-13)12-9-15-8-11(16-12)10-3-1-4-14-7-10/h7,9,11,14-16H,1-6,8H2. The SMILES string of the molecule is O=C1OCCCN1C1=CNCC(C2=CNCCC2)N1. The summed E-state index contributed by atoms with van der Waals surface area (Å²) in [6, 6.07) is 0.238. The summed E-state index contributed by atoms with van der Waals surface area (Å²) in [7, 11) is 0. The molecule has 0 aromatic rings. The molecule has 0 aromatic carbocycles. The quantitative estimate of drug-likeness (QED) is 0.676. The number of rotatable bonds is 2. The van der Waals surface area contributed by atoms with Crippen LogP contribution in [0.15, 0.2) is 23.8 Å². The van der Waals surface area contributed by atoms with Crippen molar-refractivity contribution in [1.82, 2.24) is 20.9 Å². The molecule has 3 heterocycles. The normalized spacial score (nSPS) is 27.3. The van der Waals surface area contributed by atoms with Gasteiger partial charge in [-0.15, -0.1) is 0 Å². The molecule has 1 fully saturated rings. The highest BCUT2D eigenvalue weighted by Crippen LogP contribution is 2.18. The summed E-state index contributed by atoms with van der Waals surface area (Å²) in [4.78, 5) is 13.4. The summed E-state index contributed by atoms with van der Waals surface area (Å²) >= 11 is 0. The molecule has 1 atom stereocenters. The third-order valence-corrected chi connectivity index (χ3v) is 3.67. The van der Waals surface area contributed by atoms with Crippen molar-refractivity contribution >= 4 is 6.09 Å². The van der Waals surface area contributed by atoms with Gasteiger partial charge >= 0.3 is 6.09 Å². The van der Waals surface area contributed by atoms with Crippen LogP contribution < -0.4 is 16.0 Å². The molecule has 0 aromatic heterocycles. The van der Waals surface area contributed by atoms with Crippen LogP contribution in [0.3, 0.4) is 0 Å². The Morgan fingerprint density at radius 1 is 1.26 bits per heavy atom. The summed E-state index contributed by atoms with van der Waals surface area (Å²) in [5, 5.41) is 9.98. The summed E-state index contributed by atoms with van der Waals surface area (Å²) in [5.74, 6) is 0.812. The molecule has 19 heavy (non-hydrogen) atoms. The maximum Gasteiger partial charge on any atom is 0.415 e. The van der Waals surface area contributed by atoms with Gasteiger partial charge in [-0.1, -0.05) is 0 Å². The fourth-order valence-electron chi connectivity index (χ4n) is 2.64. The van der Waals surface area contributed by atoms with E-state index in [0.29, 0.717) is 13.2 Å². The fraction of sp³-hybridized carbons (Fsp3) is 0.615. The molecule has 1 amide bonds. The van der Waals surface area contributed by atoms with Crippen molar-refractivity contribution in [2.24, 2.45) is 0 Å². The van der Waals surface area contributed by atoms with Gasteiger partial charge in [-0.05, 0) is 31.0 Å². The van der Waals surface area contributed by atoms with E-state index in [1.165, 1.54) is 5.57 Å². The minimum absolute atomic E-state index is 0.238. The average molecular weight is 264 g/mol. The molecule has 3 rings (SSSR count). The number of nitrogens with one attached hydrogen (secondary N) is 3. The highest BCUT2D eigenvalue weighted by molar-refractivity contribution is 5.70. The van der Waals surface area contributed by atoms with Gasteiger partial charge in [0, 0.05) is 25.8 Å². The van der Waals surface area contributed by atoms with Crippen LogP contribution in [-0.4, -0.2) is 43.3 Å². The molecule has 104 valence electrons. The lowest BCUT2D eigenvalue weighted by atomic mass is 10.00. The van der Waals surface area contributed by atoms with Gasteiger partial charge in [-0.2, -0.15) is 0 Å². The van der Waals surface area contributed by atoms with Gasteiger partial charge in [0.25, 0.3) is 0 Å². The van der Waals surface area contributed by atoms with Crippen molar-refractivity contribution in [2.75, 3.05) is 26.2 Å². The van der Waals surface area contributed by atoms with Crippen LogP contribution in [0.25, 0.3) is 0 Å². The second kappa shape index (κ2) is 5.42. The second-order valence-electron chi connectivity index (χ2n) is 5.03. The number of carbonyl (C=O) groups is 1. The van der Waals surface area contributed by atoms with Crippen molar-refractivity contribution in [3.05, 3.63) is 23.8 Å². The van der Waals surface area contributed by atoms with Crippen LogP contribution in [0.4, 0.5) is 4.79 Å². The molecule has 0 radical (unpaired) electrons. The van der Waals surface area contributed by atoms with Crippen LogP contribution in [-0.2, 0) is 4.74 Å². The van der Waals surface area contributed by atoms with Gasteiger partial charge in [-0.3, -0.25) is 4.90 Å². The summed E-state index contributed by atoms with van der Waals surface area (Å²) < 4.78 is 5.08. The Hall–Kier alpha value is -1.85. The Morgan fingerprint density at radius 3 is 3.00 bits per heavy atom. The van der Waals surface area contributed by atoms with Gasteiger partial charge in [0.1, 0.15) is 5.82 Å². The second-order valence-corrected chi connectivity index (χ2v) is 5.03. The van der Waals surface area contributed by atoms with E-state index in [1.807, 2.05) is 6.20 Å². The molecular weight excluding hydrogens is 244 g/mol. The molecule has 1 unspecified atom stereocenters. The van der Waals surface area contributed by atoms with Gasteiger partial charge in [0.05, 0.1) is 12.6 Å². The molecular formula is C13H20N4O2. The van der Waals surface area contributed by atoms with Gasteiger partial charge in [-0.25, -0.2) is 4.79 Å². The minimum atomic E-state index is -0.261. The van der Waals surface area contributed by atoms with E-state index in [4.69, 9.17) is 4.74 Å². The maximum absolute atomic E-state index is 11.7. The van der Waals surface area contributed by atoms with E-state index in [0.717, 1.165) is 38.2 Å². The molecule has 0 aliphatic carbocycles. The smallest absolute Gasteiger partial charge is 0.415 e. The van der Waals surface area contributed by atoms with Gasteiger partial charge < -0.3 is 20.7 Å². The molecule has 6 heteroatoms. The van der Waals surface area contributed by atoms with Crippen molar-refractivity contribution in [3.8, 4) is 0 Å². The van der Waals surface area contributed by atoms with Gasteiger partial charge in [0.15, 0.2) is 0 Å². The predicted octanol–water partition coefficient (Wildman–Crippen LogP) is 0.456. The largest absolute Gasteiger partial charge is 0.449 e. The summed E-state index contributed by atoms with van der Waals surface area (Å²) in [6.07, 6.45) is 6.84. The van der Waals surface area contributed by atoms with Crippen LogP contribution in [0, 0.1) is 0 Å². The fourth-order valence-corrected chi connectivity index (χ4v) is 2.64. The first-order valence-corrected chi connectivity index (χ1v) is 6.91. The number of ether oxygens (including phenoxy) is 1. The van der Waals surface area contributed by atoms with E-state index >= 15 is 0 Å². The molecule has 1 saturated heterocycles. The van der Waals surface area contributed by atoms with Crippen molar-refractivity contribution in [2.45, 2.75) is 25.3 Å². The van der Waals surface area contributed by atoms with Crippen LogP contribution >= 0.6 is 0 Å². The topological polar surface area (TPSA) is 65.6 Å². The van der Waals surface area contributed by atoms with Crippen LogP contribution in [0.5, 0.6) is 0 Å². The Labute approximate surface area is 112 Å². The molecule has 0 saturated carbocycles. The number of nitrogens with zero attached hydrogens (tertiary/aromatic N) is 1. The molecule has 3 aliphatic heterocycles. The van der Waals surface area contributed by atoms with Crippen molar-refractivity contribution < 1.29 is 9.53 Å². The summed E-state index contributed by atoms with van der Waals surface area (Å²) in [6.45, 7) is 3.13. The molecule has 0 bridgehead atoms. The number of carbonyl (C=O) groups excluding carboxylic acids is 1. The third kappa shape index (κ3) is 2.62. The Morgan fingerprint density at radius 2 is 2.21 bits per heavy atom. The zero-order valence-electron chi connectivity index (χ0n) is 10.9. The molecule has 3 aliphatic rings. The van der Waals surface area contributed by atoms with E-state index in [1.54, 1.807) is 4.90 Å². The third-order valence-electron chi connectivity index (χ3n) is 3.67. The zero-order chi connectivity index (χ0) is 13.1. The number of hydrogen-bond donors (Lipinski definition) is 3. The van der Waals surface area contributed by atoms with Crippen molar-refractivity contribution in [3.63, 3.8) is 0 Å². The highest BCUT2D eigenvalue weighted by Gasteiger charge is 2.28. The Bertz CT molecular complexity index is 419. The highest BCUT2D eigenvalue weighted by atomic mass is 16.6. The molecule has 0 spiro atoms. The van der Waals surface area contributed by atoms with Gasteiger partial charge in [0.2, 0.25) is 0 Å². The lowest BCUT2D eigenvalue weighted by Gasteiger charge is -2.35. The predicted molar refractivity (Wildman–Crippen MR) is 71.0 cm³/mol. The minimum Gasteiger partial charge on any atom is -0.449 e. The van der Waals surface area contributed by atoms with E-state index in [9.17, 15) is 4.79 Å².